The van der Waals surface area contributed by atoms with Crippen LogP contribution in [0.4, 0.5) is 11.8 Å². The molecule has 11 heteroatoms. The minimum atomic E-state index is -0.795. The predicted octanol–water partition coefficient (Wildman–Crippen LogP) is 0.850. The Labute approximate surface area is 178 Å². The lowest BCUT2D eigenvalue weighted by Gasteiger charge is -2.27. The maximum absolute atomic E-state index is 9.88. The van der Waals surface area contributed by atoms with Crippen LogP contribution in [0.15, 0.2) is 30.9 Å². The van der Waals surface area contributed by atoms with E-state index in [0.717, 1.165) is 5.56 Å². The Bertz CT molecular complexity index is 1090. The molecule has 3 aromatic rings. The Balaban J connectivity index is 1.60. The number of anilines is 2. The van der Waals surface area contributed by atoms with Gasteiger partial charge in [0, 0.05) is 26.0 Å². The Morgan fingerprint density at radius 2 is 2.06 bits per heavy atom. The molecule has 0 saturated carbocycles. The number of aliphatic hydroxyl groups excluding tert-OH is 1. The first-order chi connectivity index (χ1) is 14.9. The van der Waals surface area contributed by atoms with E-state index >= 15 is 0 Å². The van der Waals surface area contributed by atoms with Crippen LogP contribution in [-0.4, -0.2) is 67.4 Å². The van der Waals surface area contributed by atoms with Crippen LogP contribution < -0.4 is 10.6 Å². The van der Waals surface area contributed by atoms with Crippen molar-refractivity contribution < 1.29 is 19.3 Å². The lowest BCUT2D eigenvalue weighted by Crippen LogP contribution is -2.31. The molecule has 0 spiro atoms. The second kappa shape index (κ2) is 7.38. The van der Waals surface area contributed by atoms with Gasteiger partial charge in [0.05, 0.1) is 6.61 Å². The Kier molecular flexibility index (Phi) is 4.77. The summed E-state index contributed by atoms with van der Waals surface area (Å²) in [6.07, 6.45) is 2.91. The van der Waals surface area contributed by atoms with Crippen molar-refractivity contribution in [2.45, 2.75) is 50.7 Å². The highest BCUT2D eigenvalue weighted by atomic mass is 16.8. The van der Waals surface area contributed by atoms with Crippen molar-refractivity contribution >= 4 is 22.9 Å². The Morgan fingerprint density at radius 3 is 2.81 bits per heavy atom. The minimum Gasteiger partial charge on any atom is -0.394 e. The summed E-state index contributed by atoms with van der Waals surface area (Å²) < 4.78 is 20.2. The highest BCUT2D eigenvalue weighted by Crippen LogP contribution is 2.45. The maximum Gasteiger partial charge on any atom is 0.210 e. The lowest BCUT2D eigenvalue weighted by molar-refractivity contribution is -0.199. The molecule has 164 valence electrons. The highest BCUT2D eigenvalue weighted by Gasteiger charge is 2.56. The van der Waals surface area contributed by atoms with Gasteiger partial charge < -0.3 is 30.0 Å². The number of nitrogen functional groups attached to an aromatic ring is 1. The van der Waals surface area contributed by atoms with Gasteiger partial charge in [-0.3, -0.25) is 9.55 Å². The number of nitrogens with two attached hydrogens (primary N) is 1. The van der Waals surface area contributed by atoms with Crippen LogP contribution in [0.25, 0.3) is 11.2 Å². The van der Waals surface area contributed by atoms with Crippen LogP contribution in [0, 0.1) is 0 Å². The first-order valence-electron chi connectivity index (χ1n) is 10.1. The van der Waals surface area contributed by atoms with Crippen molar-refractivity contribution in [2.75, 3.05) is 24.3 Å². The number of pyridine rings is 1. The average molecular weight is 427 g/mol. The van der Waals surface area contributed by atoms with Crippen molar-refractivity contribution in [1.82, 2.24) is 24.5 Å². The molecule has 0 aliphatic carbocycles. The molecule has 4 atom stereocenters. The molecule has 0 bridgehead atoms. The summed E-state index contributed by atoms with van der Waals surface area (Å²) >= 11 is 0. The molecule has 0 radical (unpaired) electrons. The first-order valence-corrected chi connectivity index (χ1v) is 10.1. The maximum atomic E-state index is 9.88. The summed E-state index contributed by atoms with van der Waals surface area (Å²) in [4.78, 5) is 19.4. The number of hydrogen-bond donors (Lipinski definition) is 2. The molecule has 0 unspecified atom stereocenters. The van der Waals surface area contributed by atoms with E-state index in [1.807, 2.05) is 42.5 Å². The molecule has 11 nitrogen and oxygen atoms in total. The third kappa shape index (κ3) is 3.39. The van der Waals surface area contributed by atoms with Crippen LogP contribution in [-0.2, 0) is 20.8 Å². The second-order valence-electron chi connectivity index (χ2n) is 8.24. The van der Waals surface area contributed by atoms with E-state index in [0.29, 0.717) is 23.7 Å². The van der Waals surface area contributed by atoms with Gasteiger partial charge in [-0.15, -0.1) is 0 Å². The van der Waals surface area contributed by atoms with Gasteiger partial charge in [0.15, 0.2) is 29.0 Å². The summed E-state index contributed by atoms with van der Waals surface area (Å²) in [6, 6.07) is 3.88. The molecule has 0 amide bonds. The molecule has 3 aromatic heterocycles. The van der Waals surface area contributed by atoms with E-state index in [-0.39, 0.29) is 12.4 Å². The zero-order valence-electron chi connectivity index (χ0n) is 17.5. The van der Waals surface area contributed by atoms with Crippen molar-refractivity contribution in [3.05, 3.63) is 36.4 Å². The molecule has 31 heavy (non-hydrogen) atoms. The van der Waals surface area contributed by atoms with Gasteiger partial charge in [-0.25, -0.2) is 15.0 Å². The number of aromatic nitrogens is 5. The topological polar surface area (TPSA) is 134 Å². The number of nitrogens with zero attached hydrogens (tertiary/aromatic N) is 6. The number of aliphatic hydroxyl groups is 1. The fraction of sp³-hybridized carbons (Fsp3) is 0.500. The molecule has 2 aliphatic heterocycles. The normalized spacial score (nSPS) is 27.0. The monoisotopic (exact) mass is 427 g/mol. The number of hydrogen-bond acceptors (Lipinski definition) is 10. The van der Waals surface area contributed by atoms with Gasteiger partial charge in [0.25, 0.3) is 0 Å². The van der Waals surface area contributed by atoms with Gasteiger partial charge in [-0.2, -0.15) is 0 Å². The number of fused-ring (bicyclic) bond motifs is 2. The summed E-state index contributed by atoms with van der Waals surface area (Å²) in [7, 11) is 1.92. The van der Waals surface area contributed by atoms with E-state index in [1.54, 1.807) is 12.4 Å². The van der Waals surface area contributed by atoms with Crippen LogP contribution >= 0.6 is 0 Å². The van der Waals surface area contributed by atoms with Crippen LogP contribution in [0.2, 0.25) is 0 Å². The van der Waals surface area contributed by atoms with E-state index < -0.39 is 30.3 Å². The summed E-state index contributed by atoms with van der Waals surface area (Å²) in [5.41, 5.74) is 8.12. The number of imidazole rings is 1. The summed E-state index contributed by atoms with van der Waals surface area (Å²) in [5, 5.41) is 9.88. The quantitative estimate of drug-likeness (QED) is 0.603. The van der Waals surface area contributed by atoms with E-state index in [9.17, 15) is 5.11 Å². The zero-order chi connectivity index (χ0) is 21.8. The predicted molar refractivity (Wildman–Crippen MR) is 111 cm³/mol. The number of rotatable bonds is 5. The molecular weight excluding hydrogens is 402 g/mol. The Morgan fingerprint density at radius 1 is 1.26 bits per heavy atom. The fourth-order valence-electron chi connectivity index (χ4n) is 4.27. The first kappa shape index (κ1) is 20.1. The zero-order valence-corrected chi connectivity index (χ0v) is 17.5. The van der Waals surface area contributed by atoms with Crippen molar-refractivity contribution in [2.24, 2.45) is 0 Å². The molecule has 2 saturated heterocycles. The third-order valence-electron chi connectivity index (χ3n) is 5.53. The smallest absolute Gasteiger partial charge is 0.210 e. The van der Waals surface area contributed by atoms with E-state index in [2.05, 4.69) is 15.0 Å². The van der Waals surface area contributed by atoms with E-state index in [4.69, 9.17) is 24.9 Å². The third-order valence-corrected chi connectivity index (χ3v) is 5.53. The molecule has 3 N–H and O–H groups in total. The number of ether oxygens (including phenoxy) is 3. The van der Waals surface area contributed by atoms with Gasteiger partial charge >= 0.3 is 0 Å². The molecule has 2 aliphatic rings. The Hall–Kier alpha value is -2.86. The molecule has 5 heterocycles. The second-order valence-corrected chi connectivity index (χ2v) is 8.24. The van der Waals surface area contributed by atoms with Gasteiger partial charge in [-0.05, 0) is 25.5 Å². The van der Waals surface area contributed by atoms with E-state index in [1.165, 1.54) is 6.33 Å². The van der Waals surface area contributed by atoms with Gasteiger partial charge in [-0.1, -0.05) is 6.07 Å². The van der Waals surface area contributed by atoms with Crippen molar-refractivity contribution in [1.29, 1.82) is 0 Å². The van der Waals surface area contributed by atoms with Crippen molar-refractivity contribution in [3.8, 4) is 0 Å². The van der Waals surface area contributed by atoms with Crippen LogP contribution in [0.3, 0.4) is 0 Å². The molecular formula is C20H25N7O4. The summed E-state index contributed by atoms with van der Waals surface area (Å²) in [5.74, 6) is 0.0652. The van der Waals surface area contributed by atoms with Gasteiger partial charge in [0.2, 0.25) is 5.95 Å². The molecule has 5 rings (SSSR count). The lowest BCUT2D eigenvalue weighted by atomic mass is 10.1. The fourth-order valence-corrected chi connectivity index (χ4v) is 4.27. The molecule has 2 fully saturated rings. The average Bonchev–Trinajstić information content (AvgIpc) is 3.37. The van der Waals surface area contributed by atoms with Crippen LogP contribution in [0.1, 0.15) is 25.6 Å². The van der Waals surface area contributed by atoms with Crippen LogP contribution in [0.5, 0.6) is 0 Å². The standard InChI is InChI=1S/C20H25N7O4/c1-20(2)30-14-12(9-28)29-18(15(14)31-20)27-17-13(16(21)23-10-24-17)25-19(27)26(3)8-11-5-4-6-22-7-11/h4-7,10,12,14-15,18,28H,8-9H2,1-3H3,(H2,21,23,24)/t12-,14-,15-,18-/m1/s1. The minimum absolute atomic E-state index is 0.193. The molecule has 0 aromatic carbocycles. The van der Waals surface area contributed by atoms with Crippen molar-refractivity contribution in [3.63, 3.8) is 0 Å². The largest absolute Gasteiger partial charge is 0.394 e. The summed E-state index contributed by atoms with van der Waals surface area (Å²) in [6.45, 7) is 4.05. The van der Waals surface area contributed by atoms with Gasteiger partial charge in [0.1, 0.15) is 24.6 Å². The highest BCUT2D eigenvalue weighted by molar-refractivity contribution is 5.84. The SMILES string of the molecule is CN(Cc1cccnc1)c1nc2c(N)ncnc2n1[C@@H]1O[C@H](CO)[C@H]2OC(C)(C)O[C@H]21.